The molecule has 1 saturated heterocycles. The molecule has 182 valence electrons. The lowest BCUT2D eigenvalue weighted by molar-refractivity contribution is -0.127. The van der Waals surface area contributed by atoms with E-state index in [9.17, 15) is 13.6 Å². The molecular weight excluding hydrogens is 440 g/mol. The molecule has 2 aliphatic rings. The highest BCUT2D eigenvalue weighted by molar-refractivity contribution is 5.84. The first-order valence-electron chi connectivity index (χ1n) is 11.7. The second-order valence-corrected chi connectivity index (χ2v) is 8.92. The van der Waals surface area contributed by atoms with Crippen LogP contribution in [0.5, 0.6) is 0 Å². The van der Waals surface area contributed by atoms with Crippen LogP contribution >= 0.6 is 0 Å². The quantitative estimate of drug-likeness (QED) is 0.425. The lowest BCUT2D eigenvalue weighted by Gasteiger charge is -2.26. The molecule has 4 rings (SSSR count). The zero-order valence-corrected chi connectivity index (χ0v) is 19.3. The van der Waals surface area contributed by atoms with Gasteiger partial charge in [-0.15, -0.1) is 0 Å². The Balaban J connectivity index is 1.66. The van der Waals surface area contributed by atoms with Crippen LogP contribution in [-0.2, 0) is 4.79 Å². The highest BCUT2D eigenvalue weighted by atomic mass is 19.1. The largest absolute Gasteiger partial charge is 0.369 e. The Morgan fingerprint density at radius 1 is 1.24 bits per heavy atom. The predicted octanol–water partition coefficient (Wildman–Crippen LogP) is 4.50. The normalized spacial score (nSPS) is 18.6. The van der Waals surface area contributed by atoms with Crippen molar-refractivity contribution in [3.63, 3.8) is 0 Å². The number of hydrogen-bond acceptors (Lipinski definition) is 6. The summed E-state index contributed by atoms with van der Waals surface area (Å²) in [7, 11) is 0. The molecule has 1 aromatic heterocycles. The van der Waals surface area contributed by atoms with Gasteiger partial charge < -0.3 is 26.3 Å². The average molecular weight is 472 g/mol. The summed E-state index contributed by atoms with van der Waals surface area (Å²) < 4.78 is 29.6. The summed E-state index contributed by atoms with van der Waals surface area (Å²) in [4.78, 5) is 18.2. The number of rotatable bonds is 8. The maximum absolute atomic E-state index is 14.4. The molecular formula is C24H31F2N7O. The zero-order chi connectivity index (χ0) is 24.2. The minimum Gasteiger partial charge on any atom is -0.369 e. The van der Waals surface area contributed by atoms with Gasteiger partial charge in [-0.05, 0) is 31.4 Å². The van der Waals surface area contributed by atoms with Crippen LogP contribution in [-0.4, -0.2) is 45.7 Å². The number of benzene rings is 1. The van der Waals surface area contributed by atoms with Gasteiger partial charge in [0, 0.05) is 38.3 Å². The van der Waals surface area contributed by atoms with Crippen LogP contribution in [0.25, 0.3) is 0 Å². The lowest BCUT2D eigenvalue weighted by Crippen LogP contribution is -2.33. The van der Waals surface area contributed by atoms with Crippen molar-refractivity contribution < 1.29 is 13.6 Å². The van der Waals surface area contributed by atoms with E-state index in [2.05, 4.69) is 27.5 Å². The van der Waals surface area contributed by atoms with Gasteiger partial charge in [0.15, 0.2) is 0 Å². The molecule has 10 heteroatoms. The van der Waals surface area contributed by atoms with E-state index in [-0.39, 0.29) is 17.6 Å². The third-order valence-corrected chi connectivity index (χ3v) is 6.48. The summed E-state index contributed by atoms with van der Waals surface area (Å²) in [5, 5.41) is 17.6. The van der Waals surface area contributed by atoms with Crippen LogP contribution in [0.15, 0.2) is 30.6 Å². The van der Waals surface area contributed by atoms with Crippen LogP contribution in [0.2, 0.25) is 0 Å². The Labute approximate surface area is 197 Å². The fourth-order valence-corrected chi connectivity index (χ4v) is 4.74. The topological polar surface area (TPSA) is 98.1 Å². The third kappa shape index (κ3) is 5.21. The number of carbonyl (C=O) groups excluding carboxylic acids is 1. The number of imidazole rings is 1. The number of likely N-dealkylation sites (tertiary alicyclic amines) is 1. The Hall–Kier alpha value is -3.43. The number of halogens is 2. The van der Waals surface area contributed by atoms with Gasteiger partial charge in [-0.3, -0.25) is 9.36 Å². The summed E-state index contributed by atoms with van der Waals surface area (Å²) in [6.45, 7) is 6.70. The molecule has 4 N–H and O–H groups in total. The van der Waals surface area contributed by atoms with Gasteiger partial charge in [0.05, 0.1) is 17.6 Å². The Kier molecular flexibility index (Phi) is 7.14. The maximum Gasteiger partial charge on any atom is 0.219 e. The first-order chi connectivity index (χ1) is 16.4. The van der Waals surface area contributed by atoms with Crippen LogP contribution < -0.4 is 16.0 Å². The molecule has 2 aromatic rings. The molecule has 34 heavy (non-hydrogen) atoms. The summed E-state index contributed by atoms with van der Waals surface area (Å²) >= 11 is 0. The Bertz CT molecular complexity index is 1080. The summed E-state index contributed by atoms with van der Waals surface area (Å²) in [6.07, 6.45) is 7.53. The summed E-state index contributed by atoms with van der Waals surface area (Å²) in [6, 6.07) is 3.45. The van der Waals surface area contributed by atoms with Crippen molar-refractivity contribution in [2.75, 3.05) is 23.7 Å². The second-order valence-electron chi connectivity index (χ2n) is 8.92. The molecule has 0 bridgehead atoms. The molecule has 0 unspecified atom stereocenters. The summed E-state index contributed by atoms with van der Waals surface area (Å²) in [5.74, 6) is -0.0208. The lowest BCUT2D eigenvalue weighted by atomic mass is 9.96. The van der Waals surface area contributed by atoms with Crippen LogP contribution in [0.1, 0.15) is 57.2 Å². The average Bonchev–Trinajstić information content (AvgIpc) is 3.41. The smallest absolute Gasteiger partial charge is 0.219 e. The Morgan fingerprint density at radius 3 is 2.65 bits per heavy atom. The number of anilines is 3. The number of aromatic nitrogens is 2. The van der Waals surface area contributed by atoms with E-state index in [1.807, 2.05) is 4.57 Å². The molecule has 8 nitrogen and oxygen atoms in total. The van der Waals surface area contributed by atoms with Crippen LogP contribution in [0, 0.1) is 17.0 Å². The molecule has 1 aromatic carbocycles. The van der Waals surface area contributed by atoms with Crippen molar-refractivity contribution in [1.29, 1.82) is 5.41 Å². The van der Waals surface area contributed by atoms with Gasteiger partial charge in [-0.25, -0.2) is 13.8 Å². The van der Waals surface area contributed by atoms with Gasteiger partial charge in [-0.1, -0.05) is 25.8 Å². The highest BCUT2D eigenvalue weighted by Crippen LogP contribution is 2.34. The van der Waals surface area contributed by atoms with Gasteiger partial charge in [0.25, 0.3) is 0 Å². The van der Waals surface area contributed by atoms with Gasteiger partial charge in [-0.2, -0.15) is 0 Å². The number of nitrogens with one attached hydrogen (secondary N) is 4. The summed E-state index contributed by atoms with van der Waals surface area (Å²) in [5.41, 5.74) is 0.411. The second kappa shape index (κ2) is 10.2. The maximum atomic E-state index is 14.4. The monoisotopic (exact) mass is 471 g/mol. The minimum atomic E-state index is -0.749. The molecule has 2 heterocycles. The molecule has 1 saturated carbocycles. The van der Waals surface area contributed by atoms with Crippen molar-refractivity contribution in [1.82, 2.24) is 19.8 Å². The van der Waals surface area contributed by atoms with Crippen LogP contribution in [0.3, 0.4) is 0 Å². The van der Waals surface area contributed by atoms with Gasteiger partial charge >= 0.3 is 0 Å². The Morgan fingerprint density at radius 2 is 2.00 bits per heavy atom. The molecule has 1 atom stereocenters. The van der Waals surface area contributed by atoms with E-state index < -0.39 is 11.6 Å². The van der Waals surface area contributed by atoms with Gasteiger partial charge in [0.2, 0.25) is 11.9 Å². The SMILES string of the molecule is C=C(Nc1c(C=N)nc(Nc2ccc(F)cc2F)n1[C@@H]1CCN(C(C)=O)C1)NC1CCCCC1. The predicted molar refractivity (Wildman–Crippen MR) is 128 cm³/mol. The minimum absolute atomic E-state index is 0.0214. The van der Waals surface area contributed by atoms with Crippen molar-refractivity contribution >= 4 is 29.6 Å². The van der Waals surface area contributed by atoms with E-state index in [0.29, 0.717) is 48.8 Å². The van der Waals surface area contributed by atoms with Gasteiger partial charge in [0.1, 0.15) is 23.1 Å². The molecule has 0 spiro atoms. The van der Waals surface area contributed by atoms with Crippen molar-refractivity contribution in [2.24, 2.45) is 0 Å². The molecule has 2 fully saturated rings. The van der Waals surface area contributed by atoms with E-state index in [0.717, 1.165) is 25.1 Å². The first kappa shape index (κ1) is 23.7. The number of hydrogen-bond donors (Lipinski definition) is 4. The standard InChI is InChI=1S/C24H31F2N7O/c1-15(28-18-6-4-3-5-7-18)29-23-22(13-27)31-24(30-21-9-8-17(25)12-20(21)26)33(23)19-10-11-32(14-19)16(2)34/h8-9,12-13,18-19,27-29H,1,3-7,10-11,14H2,2H3,(H,30,31)/t19-/m1/s1. The van der Waals surface area contributed by atoms with Crippen LogP contribution in [0.4, 0.5) is 26.2 Å². The molecule has 1 aliphatic heterocycles. The van der Waals surface area contributed by atoms with E-state index in [4.69, 9.17) is 5.41 Å². The number of carbonyl (C=O) groups is 1. The van der Waals surface area contributed by atoms with E-state index in [1.54, 1.807) is 4.90 Å². The van der Waals surface area contributed by atoms with Crippen molar-refractivity contribution in [3.05, 3.63) is 47.9 Å². The van der Waals surface area contributed by atoms with Crippen molar-refractivity contribution in [3.8, 4) is 0 Å². The number of nitrogens with zero attached hydrogens (tertiary/aromatic N) is 3. The molecule has 1 amide bonds. The first-order valence-corrected chi connectivity index (χ1v) is 11.7. The zero-order valence-electron chi connectivity index (χ0n) is 19.3. The highest BCUT2D eigenvalue weighted by Gasteiger charge is 2.31. The third-order valence-electron chi connectivity index (χ3n) is 6.48. The van der Waals surface area contributed by atoms with Crippen molar-refractivity contribution in [2.45, 2.75) is 57.5 Å². The molecule has 0 radical (unpaired) electrons. The number of amides is 1. The molecule has 1 aliphatic carbocycles. The fourth-order valence-electron chi connectivity index (χ4n) is 4.74. The fraction of sp³-hybridized carbons (Fsp3) is 0.458. The van der Waals surface area contributed by atoms with E-state index in [1.165, 1.54) is 38.3 Å². The van der Waals surface area contributed by atoms with E-state index >= 15 is 0 Å².